The van der Waals surface area contributed by atoms with E-state index < -0.39 is 11.5 Å². The van der Waals surface area contributed by atoms with Crippen molar-refractivity contribution < 1.29 is 14.7 Å². The van der Waals surface area contributed by atoms with Crippen LogP contribution in [0, 0.1) is 0 Å². The van der Waals surface area contributed by atoms with Crippen molar-refractivity contribution in [2.75, 3.05) is 0 Å². The van der Waals surface area contributed by atoms with Crippen LogP contribution < -0.4 is 5.32 Å². The summed E-state index contributed by atoms with van der Waals surface area (Å²) in [7, 11) is 0. The van der Waals surface area contributed by atoms with Gasteiger partial charge in [-0.2, -0.15) is 0 Å². The lowest BCUT2D eigenvalue weighted by atomic mass is 9.79. The molecule has 0 radical (unpaired) electrons. The first-order valence-electron chi connectivity index (χ1n) is 6.19. The van der Waals surface area contributed by atoms with E-state index in [-0.39, 0.29) is 12.3 Å². The summed E-state index contributed by atoms with van der Waals surface area (Å²) in [5, 5.41) is 13.8. The lowest BCUT2D eigenvalue weighted by Gasteiger charge is -2.36. The minimum Gasteiger partial charge on any atom is -0.481 e. The summed E-state index contributed by atoms with van der Waals surface area (Å²) < 4.78 is 0. The van der Waals surface area contributed by atoms with Crippen LogP contribution in [0.25, 0.3) is 0 Å². The van der Waals surface area contributed by atoms with Gasteiger partial charge in [0.15, 0.2) is 0 Å². The van der Waals surface area contributed by atoms with Gasteiger partial charge in [-0.3, -0.25) is 9.59 Å². The maximum Gasteiger partial charge on any atom is 0.305 e. The minimum atomic E-state index is -0.844. The molecule has 1 aromatic rings. The van der Waals surface area contributed by atoms with Crippen LogP contribution in [-0.4, -0.2) is 22.5 Å². The van der Waals surface area contributed by atoms with Crippen molar-refractivity contribution in [3.63, 3.8) is 0 Å². The van der Waals surface area contributed by atoms with Gasteiger partial charge in [0.2, 0.25) is 0 Å². The molecule has 2 rings (SSSR count). The monoisotopic (exact) mass is 267 g/mol. The van der Waals surface area contributed by atoms with Gasteiger partial charge in [0.1, 0.15) is 0 Å². The normalized spacial score (nSPS) is 18.2. The second-order valence-electron chi connectivity index (χ2n) is 4.84. The zero-order valence-electron chi connectivity index (χ0n) is 10.1. The molecular weight excluding hydrogens is 250 g/mol. The molecule has 1 aromatic heterocycles. The van der Waals surface area contributed by atoms with Gasteiger partial charge >= 0.3 is 5.97 Å². The van der Waals surface area contributed by atoms with E-state index in [1.165, 1.54) is 11.3 Å². The number of hydrogen-bond donors (Lipinski definition) is 2. The summed E-state index contributed by atoms with van der Waals surface area (Å²) in [6.45, 7) is 0. The minimum absolute atomic E-state index is 0.0180. The van der Waals surface area contributed by atoms with Crippen LogP contribution in [0.1, 0.15) is 48.2 Å². The molecular formula is C13H17NO3S. The summed E-state index contributed by atoms with van der Waals surface area (Å²) >= 11 is 1.38. The molecule has 4 nitrogen and oxygen atoms in total. The molecule has 5 heteroatoms. The van der Waals surface area contributed by atoms with Gasteiger partial charge < -0.3 is 10.4 Å². The van der Waals surface area contributed by atoms with Crippen molar-refractivity contribution in [3.05, 3.63) is 22.4 Å². The molecule has 1 saturated carbocycles. The van der Waals surface area contributed by atoms with Gasteiger partial charge in [0, 0.05) is 0 Å². The fraction of sp³-hybridized carbons (Fsp3) is 0.538. The molecule has 0 spiro atoms. The molecule has 98 valence electrons. The van der Waals surface area contributed by atoms with E-state index in [4.69, 9.17) is 5.11 Å². The second kappa shape index (κ2) is 5.52. The molecule has 1 fully saturated rings. The molecule has 0 saturated heterocycles. The van der Waals surface area contributed by atoms with E-state index in [1.54, 1.807) is 6.07 Å². The predicted molar refractivity (Wildman–Crippen MR) is 69.9 cm³/mol. The first-order chi connectivity index (χ1) is 8.61. The molecule has 0 atom stereocenters. The summed E-state index contributed by atoms with van der Waals surface area (Å²) in [5.41, 5.74) is -0.550. The Hall–Kier alpha value is -1.36. The van der Waals surface area contributed by atoms with E-state index in [9.17, 15) is 9.59 Å². The van der Waals surface area contributed by atoms with Gasteiger partial charge in [-0.05, 0) is 24.3 Å². The highest BCUT2D eigenvalue weighted by Crippen LogP contribution is 2.31. The second-order valence-corrected chi connectivity index (χ2v) is 5.79. The standard InChI is InChI=1S/C13H17NO3S/c15-11(16)9-13(6-2-1-3-7-13)14-12(17)10-5-4-8-18-10/h4-5,8H,1-3,6-7,9H2,(H,14,17)(H,15,16). The third-order valence-corrected chi connectivity index (χ3v) is 4.29. The Morgan fingerprint density at radius 2 is 2.06 bits per heavy atom. The summed E-state index contributed by atoms with van der Waals surface area (Å²) in [4.78, 5) is 23.7. The molecule has 18 heavy (non-hydrogen) atoms. The van der Waals surface area contributed by atoms with Gasteiger partial charge in [0.25, 0.3) is 5.91 Å². The molecule has 0 bridgehead atoms. The van der Waals surface area contributed by atoms with Crippen LogP contribution in [0.4, 0.5) is 0 Å². The van der Waals surface area contributed by atoms with Gasteiger partial charge in [0.05, 0.1) is 16.8 Å². The van der Waals surface area contributed by atoms with E-state index in [1.807, 2.05) is 11.4 Å². The SMILES string of the molecule is O=C(O)CC1(NC(=O)c2cccs2)CCCCC1. The number of carboxylic acid groups (broad SMARTS) is 1. The number of nitrogens with one attached hydrogen (secondary N) is 1. The fourth-order valence-electron chi connectivity index (χ4n) is 2.57. The molecule has 0 aromatic carbocycles. The third-order valence-electron chi connectivity index (χ3n) is 3.42. The first kappa shape index (κ1) is 13.1. The number of carboxylic acids is 1. The number of carbonyl (C=O) groups is 2. The Labute approximate surface area is 110 Å². The third kappa shape index (κ3) is 3.10. The fourth-order valence-corrected chi connectivity index (χ4v) is 3.19. The predicted octanol–water partition coefficient (Wildman–Crippen LogP) is 2.66. The van der Waals surface area contributed by atoms with E-state index in [0.717, 1.165) is 32.1 Å². The summed E-state index contributed by atoms with van der Waals surface area (Å²) in [5.74, 6) is -0.989. The quantitative estimate of drug-likeness (QED) is 0.881. The first-order valence-corrected chi connectivity index (χ1v) is 7.07. The van der Waals surface area contributed by atoms with E-state index in [2.05, 4.69) is 5.32 Å². The largest absolute Gasteiger partial charge is 0.481 e. The lowest BCUT2D eigenvalue weighted by Crippen LogP contribution is -2.50. The van der Waals surface area contributed by atoms with Crippen molar-refractivity contribution in [1.82, 2.24) is 5.32 Å². The number of carbonyl (C=O) groups excluding carboxylic acids is 1. The Balaban J connectivity index is 2.09. The smallest absolute Gasteiger partial charge is 0.305 e. The van der Waals surface area contributed by atoms with Gasteiger partial charge in [-0.15, -0.1) is 11.3 Å². The highest BCUT2D eigenvalue weighted by Gasteiger charge is 2.36. The average molecular weight is 267 g/mol. The highest BCUT2D eigenvalue weighted by molar-refractivity contribution is 7.12. The van der Waals surface area contributed by atoms with Crippen molar-refractivity contribution in [2.45, 2.75) is 44.1 Å². The van der Waals surface area contributed by atoms with Gasteiger partial charge in [-0.25, -0.2) is 0 Å². The topological polar surface area (TPSA) is 66.4 Å². The van der Waals surface area contributed by atoms with Crippen LogP contribution >= 0.6 is 11.3 Å². The molecule has 1 amide bonds. The number of rotatable bonds is 4. The Kier molecular flexibility index (Phi) is 4.01. The van der Waals surface area contributed by atoms with Crippen LogP contribution in [0.15, 0.2) is 17.5 Å². The zero-order valence-corrected chi connectivity index (χ0v) is 11.0. The number of hydrogen-bond acceptors (Lipinski definition) is 3. The average Bonchev–Trinajstić information content (AvgIpc) is 2.82. The van der Waals surface area contributed by atoms with E-state index >= 15 is 0 Å². The van der Waals surface area contributed by atoms with Crippen LogP contribution in [0.2, 0.25) is 0 Å². The van der Waals surface area contributed by atoms with Crippen molar-refractivity contribution in [1.29, 1.82) is 0 Å². The maximum absolute atomic E-state index is 12.1. The number of aliphatic carboxylic acids is 1. The van der Waals surface area contributed by atoms with Crippen molar-refractivity contribution in [3.8, 4) is 0 Å². The summed E-state index contributed by atoms with van der Waals surface area (Å²) in [6, 6.07) is 3.58. The maximum atomic E-state index is 12.1. The Morgan fingerprint density at radius 1 is 1.33 bits per heavy atom. The molecule has 1 aliphatic carbocycles. The van der Waals surface area contributed by atoms with Gasteiger partial charge in [-0.1, -0.05) is 25.3 Å². The van der Waals surface area contributed by atoms with Crippen LogP contribution in [-0.2, 0) is 4.79 Å². The van der Waals surface area contributed by atoms with Crippen LogP contribution in [0.5, 0.6) is 0 Å². The molecule has 2 N–H and O–H groups in total. The summed E-state index contributed by atoms with van der Waals surface area (Å²) in [6.07, 6.45) is 4.63. The molecule has 1 heterocycles. The van der Waals surface area contributed by atoms with Crippen molar-refractivity contribution >= 4 is 23.2 Å². The molecule has 0 aliphatic heterocycles. The molecule has 0 unspecified atom stereocenters. The van der Waals surface area contributed by atoms with Crippen molar-refractivity contribution in [2.24, 2.45) is 0 Å². The molecule has 1 aliphatic rings. The number of thiophene rings is 1. The zero-order chi connectivity index (χ0) is 13.0. The lowest BCUT2D eigenvalue weighted by molar-refractivity contribution is -0.139. The Morgan fingerprint density at radius 3 is 2.61 bits per heavy atom. The highest BCUT2D eigenvalue weighted by atomic mass is 32.1. The number of amides is 1. The van der Waals surface area contributed by atoms with E-state index in [0.29, 0.717) is 4.88 Å². The Bertz CT molecular complexity index is 421. The van der Waals surface area contributed by atoms with Crippen LogP contribution in [0.3, 0.4) is 0 Å².